The Balaban J connectivity index is 2.20. The van der Waals surface area contributed by atoms with E-state index in [-0.39, 0.29) is 29.2 Å². The Bertz CT molecular complexity index is 714. The van der Waals surface area contributed by atoms with E-state index in [9.17, 15) is 9.59 Å². The molecule has 2 amide bonds. The van der Waals surface area contributed by atoms with Crippen molar-refractivity contribution >= 4 is 11.8 Å². The molecule has 0 fully saturated rings. The molecule has 25 heavy (non-hydrogen) atoms. The van der Waals surface area contributed by atoms with E-state index in [1.807, 2.05) is 51.1 Å². The summed E-state index contributed by atoms with van der Waals surface area (Å²) in [5.74, 6) is -0.431. The van der Waals surface area contributed by atoms with E-state index in [1.54, 1.807) is 23.1 Å². The minimum Gasteiger partial charge on any atom is -0.351 e. The summed E-state index contributed by atoms with van der Waals surface area (Å²) < 4.78 is 0. The van der Waals surface area contributed by atoms with Crippen molar-refractivity contribution in [3.63, 3.8) is 0 Å². The summed E-state index contributed by atoms with van der Waals surface area (Å²) in [6.45, 7) is 7.02. The van der Waals surface area contributed by atoms with E-state index < -0.39 is 0 Å². The fraction of sp³-hybridized carbons (Fsp3) is 0.350. The molecule has 2 aromatic rings. The van der Waals surface area contributed by atoms with Gasteiger partial charge in [-0.05, 0) is 38.0 Å². The zero-order valence-electron chi connectivity index (χ0n) is 15.0. The van der Waals surface area contributed by atoms with Crippen molar-refractivity contribution in [3.05, 3.63) is 65.5 Å². The minimum absolute atomic E-state index is 0.0204. The number of hydrogen-bond acceptors (Lipinski definition) is 3. The van der Waals surface area contributed by atoms with Gasteiger partial charge in [0.25, 0.3) is 11.8 Å². The Morgan fingerprint density at radius 1 is 1.04 bits per heavy atom. The molecule has 0 bridgehead atoms. The molecule has 0 saturated carbocycles. The quantitative estimate of drug-likeness (QED) is 0.842. The number of aromatic nitrogens is 1. The van der Waals surface area contributed by atoms with Crippen molar-refractivity contribution in [2.75, 3.05) is 6.54 Å². The van der Waals surface area contributed by atoms with Gasteiger partial charge in [0.2, 0.25) is 0 Å². The van der Waals surface area contributed by atoms with Crippen molar-refractivity contribution < 1.29 is 9.59 Å². The van der Waals surface area contributed by atoms with Gasteiger partial charge in [-0.25, -0.2) is 4.98 Å². The fourth-order valence-corrected chi connectivity index (χ4v) is 2.43. The van der Waals surface area contributed by atoms with Gasteiger partial charge < -0.3 is 10.2 Å². The lowest BCUT2D eigenvalue weighted by Crippen LogP contribution is -2.37. The van der Waals surface area contributed by atoms with Gasteiger partial charge in [-0.3, -0.25) is 9.59 Å². The van der Waals surface area contributed by atoms with Gasteiger partial charge in [0.1, 0.15) is 11.4 Å². The van der Waals surface area contributed by atoms with Crippen LogP contribution in [0.25, 0.3) is 0 Å². The zero-order chi connectivity index (χ0) is 18.2. The first-order chi connectivity index (χ1) is 12.0. The second-order valence-corrected chi connectivity index (χ2v) is 6.18. The molecule has 1 aromatic carbocycles. The number of carbonyl (C=O) groups is 2. The van der Waals surface area contributed by atoms with E-state index in [1.165, 1.54) is 0 Å². The Morgan fingerprint density at radius 2 is 1.72 bits per heavy atom. The predicted octanol–water partition coefficient (Wildman–Crippen LogP) is 3.27. The zero-order valence-corrected chi connectivity index (χ0v) is 15.0. The van der Waals surface area contributed by atoms with Crippen molar-refractivity contribution in [1.82, 2.24) is 15.2 Å². The highest BCUT2D eigenvalue weighted by Gasteiger charge is 2.21. The topological polar surface area (TPSA) is 62.3 Å². The minimum atomic E-state index is -0.254. The highest BCUT2D eigenvalue weighted by atomic mass is 16.2. The summed E-state index contributed by atoms with van der Waals surface area (Å²) in [5, 5.41) is 2.78. The highest BCUT2D eigenvalue weighted by Crippen LogP contribution is 2.13. The predicted molar refractivity (Wildman–Crippen MR) is 98.3 cm³/mol. The molecule has 0 spiro atoms. The molecule has 1 N–H and O–H groups in total. The number of carbonyl (C=O) groups excluding carboxylic acids is 2. The third kappa shape index (κ3) is 5.14. The molecule has 0 aliphatic rings. The normalized spacial score (nSPS) is 10.6. The Hall–Kier alpha value is -2.69. The van der Waals surface area contributed by atoms with Gasteiger partial charge in [-0.1, -0.05) is 43.3 Å². The van der Waals surface area contributed by atoms with Gasteiger partial charge in [0.05, 0.1) is 0 Å². The second-order valence-electron chi connectivity index (χ2n) is 6.18. The van der Waals surface area contributed by atoms with Gasteiger partial charge in [-0.2, -0.15) is 0 Å². The lowest BCUT2D eigenvalue weighted by atomic mass is 10.1. The molecule has 5 nitrogen and oxygen atoms in total. The summed E-state index contributed by atoms with van der Waals surface area (Å²) >= 11 is 0. The third-order valence-electron chi connectivity index (χ3n) is 3.82. The first-order valence-electron chi connectivity index (χ1n) is 8.63. The molecular weight excluding hydrogens is 314 g/mol. The van der Waals surface area contributed by atoms with Crippen molar-refractivity contribution in [1.29, 1.82) is 0 Å². The Morgan fingerprint density at radius 3 is 2.36 bits per heavy atom. The van der Waals surface area contributed by atoms with E-state index >= 15 is 0 Å². The smallest absolute Gasteiger partial charge is 0.273 e. The van der Waals surface area contributed by atoms with Crippen LogP contribution in [0.1, 0.15) is 53.7 Å². The maximum Gasteiger partial charge on any atom is 0.273 e. The molecule has 1 heterocycles. The summed E-state index contributed by atoms with van der Waals surface area (Å²) in [5.41, 5.74) is 1.61. The summed E-state index contributed by atoms with van der Waals surface area (Å²) in [6, 6.07) is 14.8. The molecule has 0 aliphatic carbocycles. The third-order valence-corrected chi connectivity index (χ3v) is 3.82. The maximum atomic E-state index is 12.9. The largest absolute Gasteiger partial charge is 0.351 e. The number of pyridine rings is 1. The van der Waals surface area contributed by atoms with Crippen LogP contribution in [0.3, 0.4) is 0 Å². The molecule has 5 heteroatoms. The highest BCUT2D eigenvalue weighted by molar-refractivity contribution is 5.96. The van der Waals surface area contributed by atoms with Crippen LogP contribution >= 0.6 is 0 Å². The number of benzene rings is 1. The SMILES string of the molecule is CCCNC(=O)c1cccc(C(=O)N(Cc2ccccc2)C(C)C)n1. The van der Waals surface area contributed by atoms with E-state index in [0.717, 1.165) is 12.0 Å². The van der Waals surface area contributed by atoms with Crippen molar-refractivity contribution in [2.45, 2.75) is 39.8 Å². The molecule has 132 valence electrons. The van der Waals surface area contributed by atoms with Crippen LogP contribution in [0.2, 0.25) is 0 Å². The number of rotatable bonds is 7. The van der Waals surface area contributed by atoms with Crippen LogP contribution in [0.15, 0.2) is 48.5 Å². The van der Waals surface area contributed by atoms with E-state index in [4.69, 9.17) is 0 Å². The molecule has 0 aliphatic heterocycles. The average molecular weight is 339 g/mol. The van der Waals surface area contributed by atoms with Crippen molar-refractivity contribution in [3.8, 4) is 0 Å². The molecule has 0 saturated heterocycles. The standard InChI is InChI=1S/C20H25N3O2/c1-4-13-21-19(24)17-11-8-12-18(22-17)20(25)23(15(2)3)14-16-9-6-5-7-10-16/h5-12,15H,4,13-14H2,1-3H3,(H,21,24). The molecule has 0 radical (unpaired) electrons. The summed E-state index contributed by atoms with van der Waals surface area (Å²) in [7, 11) is 0. The lowest BCUT2D eigenvalue weighted by molar-refractivity contribution is 0.0684. The van der Waals surface area contributed by atoms with E-state index in [2.05, 4.69) is 10.3 Å². The lowest BCUT2D eigenvalue weighted by Gasteiger charge is -2.26. The molecular formula is C20H25N3O2. The number of hydrogen-bond donors (Lipinski definition) is 1. The molecule has 1 aromatic heterocycles. The maximum absolute atomic E-state index is 12.9. The second kappa shape index (κ2) is 8.97. The Labute approximate surface area is 149 Å². The van der Waals surface area contributed by atoms with Gasteiger partial charge in [-0.15, -0.1) is 0 Å². The number of nitrogens with one attached hydrogen (secondary N) is 1. The van der Waals surface area contributed by atoms with Crippen LogP contribution in [-0.4, -0.2) is 34.3 Å². The number of amides is 2. The van der Waals surface area contributed by atoms with E-state index in [0.29, 0.717) is 13.1 Å². The van der Waals surface area contributed by atoms with Gasteiger partial charge in [0, 0.05) is 19.1 Å². The van der Waals surface area contributed by atoms with Crippen molar-refractivity contribution in [2.24, 2.45) is 0 Å². The number of nitrogens with zero attached hydrogens (tertiary/aromatic N) is 2. The molecule has 0 unspecified atom stereocenters. The van der Waals surface area contributed by atoms with Gasteiger partial charge >= 0.3 is 0 Å². The fourth-order valence-electron chi connectivity index (χ4n) is 2.43. The molecule has 0 atom stereocenters. The summed E-state index contributed by atoms with van der Waals surface area (Å²) in [6.07, 6.45) is 0.850. The van der Waals surface area contributed by atoms with Crippen LogP contribution in [0.5, 0.6) is 0 Å². The monoisotopic (exact) mass is 339 g/mol. The first kappa shape index (κ1) is 18.6. The Kier molecular flexibility index (Phi) is 6.69. The first-order valence-corrected chi connectivity index (χ1v) is 8.63. The van der Waals surface area contributed by atoms with Gasteiger partial charge in [0.15, 0.2) is 0 Å². The van der Waals surface area contributed by atoms with Crippen LogP contribution in [-0.2, 0) is 6.54 Å². The van der Waals surface area contributed by atoms with Crippen LogP contribution in [0.4, 0.5) is 0 Å². The molecule has 2 rings (SSSR count). The summed E-state index contributed by atoms with van der Waals surface area (Å²) in [4.78, 5) is 31.0. The van der Waals surface area contributed by atoms with Crippen LogP contribution in [0, 0.1) is 0 Å². The van der Waals surface area contributed by atoms with Crippen LogP contribution < -0.4 is 5.32 Å². The average Bonchev–Trinajstić information content (AvgIpc) is 2.64.